The van der Waals surface area contributed by atoms with E-state index in [4.69, 9.17) is 0 Å². The van der Waals surface area contributed by atoms with Gasteiger partial charge in [0, 0.05) is 6.61 Å². The SMILES string of the molecule is CC(C)[C@@H]1CC[C@]2(CO)CC[C@@]3(C)C4CC[C@H]5C(C)(C)C(c6ccc(C(=O)O)cc6)=CC[C@]5(C)[C@H]4CC[C@@H]3[C@@H]12. The van der Waals surface area contributed by atoms with Crippen molar-refractivity contribution in [2.24, 2.45) is 63.1 Å². The zero-order valence-corrected chi connectivity index (χ0v) is 25.3. The van der Waals surface area contributed by atoms with E-state index in [0.29, 0.717) is 40.8 Å². The van der Waals surface area contributed by atoms with E-state index in [0.717, 1.165) is 30.1 Å². The van der Waals surface area contributed by atoms with Crippen molar-refractivity contribution in [3.8, 4) is 0 Å². The molecule has 1 aromatic carbocycles. The van der Waals surface area contributed by atoms with Crippen LogP contribution >= 0.6 is 0 Å². The standard InChI is InChI=1S/C36H52O3/c1-22(2)25-15-18-36(21-37)20-19-34(5)27-13-14-30-33(3,4)26(23-7-9-24(10-8-23)32(38)39)16-17-35(30,6)28(27)11-12-29(34)31(25)36/h7-10,16,22,25,27-31,37H,11-15,17-21H2,1-6H3,(H,38,39)/t25-,27?,28-,29+,30-,31+,34-,35+,36+/m0/s1. The second kappa shape index (κ2) is 9.20. The third kappa shape index (κ3) is 3.80. The van der Waals surface area contributed by atoms with Gasteiger partial charge in [-0.1, -0.05) is 59.8 Å². The number of fused-ring (bicyclic) bond motifs is 7. The largest absolute Gasteiger partial charge is 0.478 e. The smallest absolute Gasteiger partial charge is 0.335 e. The third-order valence-corrected chi connectivity index (χ3v) is 14.0. The summed E-state index contributed by atoms with van der Waals surface area (Å²) in [4.78, 5) is 11.4. The van der Waals surface area contributed by atoms with E-state index in [1.165, 1.54) is 62.5 Å². The average molecular weight is 533 g/mol. The zero-order chi connectivity index (χ0) is 28.0. The Morgan fingerprint density at radius 3 is 2.15 bits per heavy atom. The number of aliphatic hydroxyl groups excluding tert-OH is 1. The van der Waals surface area contributed by atoms with Crippen LogP contribution in [-0.2, 0) is 0 Å². The van der Waals surface area contributed by atoms with Gasteiger partial charge in [0.15, 0.2) is 0 Å². The van der Waals surface area contributed by atoms with Crippen molar-refractivity contribution in [3.63, 3.8) is 0 Å². The third-order valence-electron chi connectivity index (χ3n) is 14.0. The second-order valence-corrected chi connectivity index (χ2v) is 16.0. The minimum atomic E-state index is -0.857. The van der Waals surface area contributed by atoms with E-state index < -0.39 is 5.97 Å². The molecule has 3 heteroatoms. The highest BCUT2D eigenvalue weighted by Crippen LogP contribution is 2.73. The number of hydrogen-bond donors (Lipinski definition) is 2. The number of hydrogen-bond acceptors (Lipinski definition) is 2. The van der Waals surface area contributed by atoms with Crippen LogP contribution in [0.3, 0.4) is 0 Å². The lowest BCUT2D eigenvalue weighted by atomic mass is 9.37. The number of rotatable bonds is 4. The maximum atomic E-state index is 11.4. The molecule has 0 spiro atoms. The lowest BCUT2D eigenvalue weighted by Crippen LogP contribution is -2.61. The summed E-state index contributed by atoms with van der Waals surface area (Å²) >= 11 is 0. The summed E-state index contributed by atoms with van der Waals surface area (Å²) < 4.78 is 0. The van der Waals surface area contributed by atoms with Gasteiger partial charge in [-0.15, -0.1) is 0 Å². The molecule has 4 fully saturated rings. The van der Waals surface area contributed by atoms with Crippen LogP contribution in [-0.4, -0.2) is 22.8 Å². The molecule has 2 N–H and O–H groups in total. The molecule has 4 saturated carbocycles. The van der Waals surface area contributed by atoms with E-state index in [2.05, 4.69) is 47.6 Å². The Morgan fingerprint density at radius 2 is 1.51 bits per heavy atom. The van der Waals surface area contributed by atoms with Crippen LogP contribution in [0.15, 0.2) is 30.3 Å². The molecule has 5 aliphatic rings. The molecule has 0 bridgehead atoms. The first-order valence-electron chi connectivity index (χ1n) is 16.0. The molecule has 0 saturated heterocycles. The topological polar surface area (TPSA) is 57.5 Å². The fraction of sp³-hybridized carbons (Fsp3) is 0.750. The van der Waals surface area contributed by atoms with Crippen molar-refractivity contribution in [2.45, 2.75) is 99.3 Å². The number of aliphatic hydroxyl groups is 1. The Balaban J connectivity index is 1.32. The molecule has 39 heavy (non-hydrogen) atoms. The Kier molecular flexibility index (Phi) is 6.50. The molecule has 214 valence electrons. The minimum Gasteiger partial charge on any atom is -0.478 e. The molecule has 0 aliphatic heterocycles. The Hall–Kier alpha value is -1.61. The van der Waals surface area contributed by atoms with Crippen LogP contribution < -0.4 is 0 Å². The summed E-state index contributed by atoms with van der Waals surface area (Å²) in [7, 11) is 0. The van der Waals surface area contributed by atoms with E-state index in [-0.39, 0.29) is 10.8 Å². The molecule has 1 aromatic rings. The summed E-state index contributed by atoms with van der Waals surface area (Å²) in [5, 5.41) is 20.1. The molecule has 5 aliphatic carbocycles. The van der Waals surface area contributed by atoms with Crippen molar-refractivity contribution < 1.29 is 15.0 Å². The van der Waals surface area contributed by atoms with Crippen LogP contribution in [0.2, 0.25) is 0 Å². The van der Waals surface area contributed by atoms with Crippen LogP contribution in [0.5, 0.6) is 0 Å². The van der Waals surface area contributed by atoms with Gasteiger partial charge >= 0.3 is 5.97 Å². The molecule has 0 heterocycles. The van der Waals surface area contributed by atoms with Crippen molar-refractivity contribution in [3.05, 3.63) is 41.5 Å². The van der Waals surface area contributed by atoms with Gasteiger partial charge in [-0.25, -0.2) is 4.79 Å². The van der Waals surface area contributed by atoms with Crippen molar-refractivity contribution >= 4 is 11.5 Å². The fourth-order valence-corrected chi connectivity index (χ4v) is 12.2. The van der Waals surface area contributed by atoms with Crippen LogP contribution in [0.25, 0.3) is 5.57 Å². The summed E-state index contributed by atoms with van der Waals surface area (Å²) in [5.41, 5.74) is 3.93. The Bertz CT molecular complexity index is 1150. The van der Waals surface area contributed by atoms with E-state index in [1.54, 1.807) is 12.1 Å². The van der Waals surface area contributed by atoms with Gasteiger partial charge < -0.3 is 10.2 Å². The normalized spacial score (nSPS) is 44.6. The van der Waals surface area contributed by atoms with E-state index in [9.17, 15) is 15.0 Å². The number of aromatic carboxylic acids is 1. The quantitative estimate of drug-likeness (QED) is 0.408. The number of benzene rings is 1. The minimum absolute atomic E-state index is 0.0628. The highest BCUT2D eigenvalue weighted by atomic mass is 16.4. The van der Waals surface area contributed by atoms with Gasteiger partial charge in [-0.2, -0.15) is 0 Å². The number of carboxylic acids is 1. The lowest BCUT2D eigenvalue weighted by Gasteiger charge is -2.68. The first-order chi connectivity index (χ1) is 18.4. The van der Waals surface area contributed by atoms with Crippen LogP contribution in [0.1, 0.15) is 115 Å². The molecule has 9 atom stereocenters. The first-order valence-corrected chi connectivity index (χ1v) is 16.0. The molecule has 0 amide bonds. The first kappa shape index (κ1) is 27.6. The second-order valence-electron chi connectivity index (χ2n) is 16.0. The summed E-state index contributed by atoms with van der Waals surface area (Å²) in [5.74, 6) is 4.31. The zero-order valence-electron chi connectivity index (χ0n) is 25.3. The predicted octanol–water partition coefficient (Wildman–Crippen LogP) is 8.72. The molecular weight excluding hydrogens is 480 g/mol. The molecule has 3 nitrogen and oxygen atoms in total. The predicted molar refractivity (Wildman–Crippen MR) is 158 cm³/mol. The number of carboxylic acid groups (broad SMARTS) is 1. The highest BCUT2D eigenvalue weighted by molar-refractivity contribution is 5.88. The molecule has 6 rings (SSSR count). The molecular formula is C36H52O3. The molecule has 0 radical (unpaired) electrons. The van der Waals surface area contributed by atoms with Crippen molar-refractivity contribution in [1.82, 2.24) is 0 Å². The van der Waals surface area contributed by atoms with E-state index >= 15 is 0 Å². The van der Waals surface area contributed by atoms with Crippen molar-refractivity contribution in [2.75, 3.05) is 6.61 Å². The average Bonchev–Trinajstić information content (AvgIpc) is 3.29. The monoisotopic (exact) mass is 532 g/mol. The number of allylic oxidation sites excluding steroid dienone is 2. The van der Waals surface area contributed by atoms with Crippen molar-refractivity contribution in [1.29, 1.82) is 0 Å². The maximum Gasteiger partial charge on any atom is 0.335 e. The van der Waals surface area contributed by atoms with E-state index in [1.807, 2.05) is 12.1 Å². The van der Waals surface area contributed by atoms with Crippen LogP contribution in [0.4, 0.5) is 0 Å². The summed E-state index contributed by atoms with van der Waals surface area (Å²) in [6, 6.07) is 7.59. The molecule has 1 unspecified atom stereocenters. The summed E-state index contributed by atoms with van der Waals surface area (Å²) in [6.07, 6.45) is 14.1. The van der Waals surface area contributed by atoms with Crippen LogP contribution in [0, 0.1) is 63.1 Å². The maximum absolute atomic E-state index is 11.4. The van der Waals surface area contributed by atoms with Gasteiger partial charge in [0.05, 0.1) is 5.56 Å². The Morgan fingerprint density at radius 1 is 0.872 bits per heavy atom. The van der Waals surface area contributed by atoms with Gasteiger partial charge in [-0.3, -0.25) is 0 Å². The summed E-state index contributed by atoms with van der Waals surface area (Å²) in [6.45, 7) is 15.5. The van der Waals surface area contributed by atoms with Gasteiger partial charge in [-0.05, 0) is 144 Å². The van der Waals surface area contributed by atoms with Gasteiger partial charge in [0.2, 0.25) is 0 Å². The fourth-order valence-electron chi connectivity index (χ4n) is 12.2. The molecule has 0 aromatic heterocycles. The van der Waals surface area contributed by atoms with Gasteiger partial charge in [0.25, 0.3) is 0 Å². The Labute approximate surface area is 236 Å². The number of carbonyl (C=O) groups is 1. The lowest BCUT2D eigenvalue weighted by molar-refractivity contribution is -0.184. The highest BCUT2D eigenvalue weighted by Gasteiger charge is 2.66. The van der Waals surface area contributed by atoms with Gasteiger partial charge in [0.1, 0.15) is 0 Å².